The van der Waals surface area contributed by atoms with E-state index >= 15 is 0 Å². The molecule has 1 fully saturated rings. The van der Waals surface area contributed by atoms with Crippen molar-refractivity contribution in [3.8, 4) is 0 Å². The van der Waals surface area contributed by atoms with E-state index in [9.17, 15) is 4.79 Å². The summed E-state index contributed by atoms with van der Waals surface area (Å²) in [5.74, 6) is -0.262. The summed E-state index contributed by atoms with van der Waals surface area (Å²) in [5, 5.41) is 3.06. The van der Waals surface area contributed by atoms with E-state index in [1.807, 2.05) is 0 Å². The van der Waals surface area contributed by atoms with Crippen molar-refractivity contribution in [2.75, 3.05) is 13.7 Å². The van der Waals surface area contributed by atoms with Gasteiger partial charge in [-0.05, 0) is 31.7 Å². The highest BCUT2D eigenvalue weighted by atomic mass is 16.5. The quantitative estimate of drug-likeness (QED) is 0.766. The van der Waals surface area contributed by atoms with Crippen molar-refractivity contribution >= 4 is 5.91 Å². The molecule has 0 aromatic rings. The molecule has 0 aliphatic heterocycles. The molecule has 1 aliphatic carbocycles. The van der Waals surface area contributed by atoms with Crippen LogP contribution in [0.25, 0.3) is 0 Å². The van der Waals surface area contributed by atoms with Crippen LogP contribution >= 0.6 is 0 Å². The van der Waals surface area contributed by atoms with Crippen molar-refractivity contribution in [3.63, 3.8) is 0 Å². The lowest BCUT2D eigenvalue weighted by Crippen LogP contribution is -2.52. The number of amides is 1. The number of hydrogen-bond donors (Lipinski definition) is 2. The third-order valence-electron chi connectivity index (χ3n) is 3.63. The molecule has 17 heavy (non-hydrogen) atoms. The third-order valence-corrected chi connectivity index (χ3v) is 3.63. The van der Waals surface area contributed by atoms with Crippen LogP contribution < -0.4 is 11.1 Å². The average Bonchev–Trinajstić information content (AvgIpc) is 2.61. The summed E-state index contributed by atoms with van der Waals surface area (Å²) < 4.78 is 5.84. The SMILES string of the molecule is CNC1(C(N)=O)CCC(OCCC(C)(C)C)C1. The molecular formula is C13H26N2O2. The fraction of sp³-hybridized carbons (Fsp3) is 0.923. The van der Waals surface area contributed by atoms with E-state index in [0.717, 1.165) is 25.9 Å². The van der Waals surface area contributed by atoms with Crippen molar-refractivity contribution in [2.24, 2.45) is 11.1 Å². The number of carbonyl (C=O) groups is 1. The highest BCUT2D eigenvalue weighted by Crippen LogP contribution is 2.32. The standard InChI is InChI=1S/C13H26N2O2/c1-12(2,3)7-8-17-10-5-6-13(9-10,15-4)11(14)16/h10,15H,5-9H2,1-4H3,(H2,14,16). The minimum Gasteiger partial charge on any atom is -0.378 e. The second kappa shape index (κ2) is 5.36. The highest BCUT2D eigenvalue weighted by molar-refractivity contribution is 5.85. The molecule has 1 aliphatic rings. The van der Waals surface area contributed by atoms with E-state index in [4.69, 9.17) is 10.5 Å². The zero-order valence-corrected chi connectivity index (χ0v) is 11.5. The zero-order valence-electron chi connectivity index (χ0n) is 11.5. The maximum atomic E-state index is 11.4. The first-order valence-electron chi connectivity index (χ1n) is 6.39. The summed E-state index contributed by atoms with van der Waals surface area (Å²) in [6, 6.07) is 0. The summed E-state index contributed by atoms with van der Waals surface area (Å²) in [6.07, 6.45) is 3.58. The monoisotopic (exact) mass is 242 g/mol. The maximum absolute atomic E-state index is 11.4. The van der Waals surface area contributed by atoms with Gasteiger partial charge in [0.15, 0.2) is 0 Å². The minimum atomic E-state index is -0.549. The van der Waals surface area contributed by atoms with Gasteiger partial charge in [-0.15, -0.1) is 0 Å². The first-order valence-corrected chi connectivity index (χ1v) is 6.39. The predicted molar refractivity (Wildman–Crippen MR) is 68.6 cm³/mol. The molecule has 3 N–H and O–H groups in total. The van der Waals surface area contributed by atoms with Crippen molar-refractivity contribution in [3.05, 3.63) is 0 Å². The molecule has 4 heteroatoms. The number of hydrogen-bond acceptors (Lipinski definition) is 3. The Bertz CT molecular complexity index is 273. The first-order chi connectivity index (χ1) is 7.79. The number of carbonyl (C=O) groups excluding carboxylic acids is 1. The van der Waals surface area contributed by atoms with Crippen molar-refractivity contribution in [2.45, 2.75) is 58.1 Å². The molecule has 1 saturated carbocycles. The summed E-state index contributed by atoms with van der Waals surface area (Å²) in [4.78, 5) is 11.4. The number of nitrogens with one attached hydrogen (secondary N) is 1. The van der Waals surface area contributed by atoms with Gasteiger partial charge < -0.3 is 15.8 Å². The van der Waals surface area contributed by atoms with Gasteiger partial charge in [0.25, 0.3) is 0 Å². The van der Waals surface area contributed by atoms with Crippen LogP contribution in [0.15, 0.2) is 0 Å². The molecule has 0 radical (unpaired) electrons. The second-order valence-corrected chi connectivity index (χ2v) is 6.24. The molecule has 4 nitrogen and oxygen atoms in total. The lowest BCUT2D eigenvalue weighted by atomic mass is 9.93. The number of primary amides is 1. The first kappa shape index (κ1) is 14.5. The summed E-state index contributed by atoms with van der Waals surface area (Å²) in [6.45, 7) is 7.36. The van der Waals surface area contributed by atoms with E-state index in [-0.39, 0.29) is 12.0 Å². The topological polar surface area (TPSA) is 64.3 Å². The van der Waals surface area contributed by atoms with E-state index in [1.165, 1.54) is 0 Å². The van der Waals surface area contributed by atoms with Crippen LogP contribution in [0.3, 0.4) is 0 Å². The lowest BCUT2D eigenvalue weighted by molar-refractivity contribution is -0.124. The summed E-state index contributed by atoms with van der Waals surface area (Å²) >= 11 is 0. The second-order valence-electron chi connectivity index (χ2n) is 6.24. The molecule has 0 bridgehead atoms. The number of nitrogens with two attached hydrogens (primary N) is 1. The molecule has 0 saturated heterocycles. The Morgan fingerprint density at radius 2 is 2.18 bits per heavy atom. The average molecular weight is 242 g/mol. The molecule has 0 aromatic heterocycles. The van der Waals surface area contributed by atoms with Crippen LogP contribution in [0.4, 0.5) is 0 Å². The molecule has 0 spiro atoms. The molecule has 2 atom stereocenters. The smallest absolute Gasteiger partial charge is 0.237 e. The summed E-state index contributed by atoms with van der Waals surface area (Å²) in [5.41, 5.74) is 5.19. The predicted octanol–water partition coefficient (Wildman–Crippen LogP) is 1.44. The van der Waals surface area contributed by atoms with Crippen LogP contribution in [0, 0.1) is 5.41 Å². The Balaban J connectivity index is 2.38. The van der Waals surface area contributed by atoms with Gasteiger partial charge in [-0.3, -0.25) is 4.79 Å². The number of rotatable bonds is 5. The van der Waals surface area contributed by atoms with Gasteiger partial charge in [0, 0.05) is 13.0 Å². The maximum Gasteiger partial charge on any atom is 0.237 e. The molecule has 1 rings (SSSR count). The summed E-state index contributed by atoms with van der Waals surface area (Å²) in [7, 11) is 1.79. The Hall–Kier alpha value is -0.610. The van der Waals surface area contributed by atoms with Crippen molar-refractivity contribution in [1.82, 2.24) is 5.32 Å². The largest absolute Gasteiger partial charge is 0.378 e. The van der Waals surface area contributed by atoms with Gasteiger partial charge in [0.1, 0.15) is 0 Å². The van der Waals surface area contributed by atoms with Crippen LogP contribution in [-0.2, 0) is 9.53 Å². The van der Waals surface area contributed by atoms with Crippen LogP contribution in [0.1, 0.15) is 46.5 Å². The van der Waals surface area contributed by atoms with Gasteiger partial charge in [-0.25, -0.2) is 0 Å². The van der Waals surface area contributed by atoms with Gasteiger partial charge in [0.2, 0.25) is 5.91 Å². The Kier molecular flexibility index (Phi) is 4.55. The van der Waals surface area contributed by atoms with Crippen LogP contribution in [0.2, 0.25) is 0 Å². The molecular weight excluding hydrogens is 216 g/mol. The molecule has 2 unspecified atom stereocenters. The van der Waals surface area contributed by atoms with Crippen LogP contribution in [-0.4, -0.2) is 31.2 Å². The molecule has 1 amide bonds. The number of ether oxygens (including phenoxy) is 1. The van der Waals surface area contributed by atoms with Gasteiger partial charge in [-0.1, -0.05) is 20.8 Å². The van der Waals surface area contributed by atoms with Crippen LogP contribution in [0.5, 0.6) is 0 Å². The molecule has 0 heterocycles. The zero-order chi connectivity index (χ0) is 13.1. The lowest BCUT2D eigenvalue weighted by Gasteiger charge is -2.25. The van der Waals surface area contributed by atoms with Gasteiger partial charge in [0.05, 0.1) is 11.6 Å². The molecule has 100 valence electrons. The van der Waals surface area contributed by atoms with Gasteiger partial charge in [-0.2, -0.15) is 0 Å². The van der Waals surface area contributed by atoms with E-state index in [2.05, 4.69) is 26.1 Å². The highest BCUT2D eigenvalue weighted by Gasteiger charge is 2.43. The molecule has 0 aromatic carbocycles. The Labute approximate surface area is 104 Å². The van der Waals surface area contributed by atoms with E-state index in [0.29, 0.717) is 11.8 Å². The third kappa shape index (κ3) is 3.96. The fourth-order valence-corrected chi connectivity index (χ4v) is 2.25. The minimum absolute atomic E-state index is 0.164. The van der Waals surface area contributed by atoms with E-state index in [1.54, 1.807) is 7.05 Å². The van der Waals surface area contributed by atoms with Crippen molar-refractivity contribution < 1.29 is 9.53 Å². The normalized spacial score (nSPS) is 29.5. The van der Waals surface area contributed by atoms with E-state index < -0.39 is 5.54 Å². The van der Waals surface area contributed by atoms with Gasteiger partial charge >= 0.3 is 0 Å². The number of likely N-dealkylation sites (N-methyl/N-ethyl adjacent to an activating group) is 1. The van der Waals surface area contributed by atoms with Crippen molar-refractivity contribution in [1.29, 1.82) is 0 Å². The Morgan fingerprint density at radius 3 is 2.59 bits per heavy atom. The Morgan fingerprint density at radius 1 is 1.53 bits per heavy atom. The fourth-order valence-electron chi connectivity index (χ4n) is 2.25.